The van der Waals surface area contributed by atoms with Crippen molar-refractivity contribution in [1.29, 1.82) is 0 Å². The number of benzene rings is 1. The number of rotatable bonds is 4. The fourth-order valence-electron chi connectivity index (χ4n) is 2.85. The van der Waals surface area contributed by atoms with Gasteiger partial charge in [-0.1, -0.05) is 18.6 Å². The molecule has 0 saturated heterocycles. The van der Waals surface area contributed by atoms with Crippen LogP contribution < -0.4 is 11.1 Å². The first-order valence-corrected chi connectivity index (χ1v) is 6.79. The largest absolute Gasteiger partial charge is 0.349 e. The highest BCUT2D eigenvalue weighted by Gasteiger charge is 2.30. The lowest BCUT2D eigenvalue weighted by molar-refractivity contribution is -0.385. The number of aryl methyl sites for hydroxylation is 1. The predicted molar refractivity (Wildman–Crippen MR) is 75.5 cm³/mol. The van der Waals surface area contributed by atoms with E-state index in [0.29, 0.717) is 12.1 Å². The lowest BCUT2D eigenvalue weighted by Crippen LogP contribution is -2.40. The van der Waals surface area contributed by atoms with Gasteiger partial charge in [0.05, 0.1) is 4.92 Å². The highest BCUT2D eigenvalue weighted by Crippen LogP contribution is 2.27. The van der Waals surface area contributed by atoms with Gasteiger partial charge in [0, 0.05) is 12.1 Å². The molecular weight excluding hydrogens is 258 g/mol. The van der Waals surface area contributed by atoms with Crippen molar-refractivity contribution in [2.75, 3.05) is 6.54 Å². The van der Waals surface area contributed by atoms with Crippen molar-refractivity contribution >= 4 is 11.6 Å². The quantitative estimate of drug-likeness (QED) is 0.647. The van der Waals surface area contributed by atoms with E-state index >= 15 is 0 Å². The Labute approximate surface area is 117 Å². The number of nitrogens with one attached hydrogen (secondary N) is 1. The molecule has 1 aromatic carbocycles. The van der Waals surface area contributed by atoms with E-state index in [-0.39, 0.29) is 29.1 Å². The first-order chi connectivity index (χ1) is 9.54. The first kappa shape index (κ1) is 14.5. The number of nitro groups is 1. The van der Waals surface area contributed by atoms with Crippen LogP contribution in [0.3, 0.4) is 0 Å². The first-order valence-electron chi connectivity index (χ1n) is 6.79. The van der Waals surface area contributed by atoms with Crippen LogP contribution in [-0.4, -0.2) is 23.4 Å². The van der Waals surface area contributed by atoms with Crippen LogP contribution in [0.15, 0.2) is 18.2 Å². The normalized spacial score (nSPS) is 21.7. The van der Waals surface area contributed by atoms with Gasteiger partial charge in [-0.05, 0) is 37.8 Å². The van der Waals surface area contributed by atoms with Gasteiger partial charge in [0.2, 0.25) is 0 Å². The van der Waals surface area contributed by atoms with Gasteiger partial charge >= 0.3 is 0 Å². The van der Waals surface area contributed by atoms with E-state index in [1.165, 1.54) is 6.07 Å². The predicted octanol–water partition coefficient (Wildman–Crippen LogP) is 1.76. The summed E-state index contributed by atoms with van der Waals surface area (Å²) in [4.78, 5) is 22.9. The molecule has 2 rings (SSSR count). The molecule has 0 heterocycles. The number of nitro benzene ring substituents is 1. The zero-order valence-electron chi connectivity index (χ0n) is 11.5. The van der Waals surface area contributed by atoms with E-state index in [1.54, 1.807) is 19.1 Å². The van der Waals surface area contributed by atoms with Crippen molar-refractivity contribution in [1.82, 2.24) is 5.32 Å². The highest BCUT2D eigenvalue weighted by atomic mass is 16.6. The smallest absolute Gasteiger partial charge is 0.282 e. The van der Waals surface area contributed by atoms with Crippen LogP contribution in [0.2, 0.25) is 0 Å². The van der Waals surface area contributed by atoms with Gasteiger partial charge < -0.3 is 11.1 Å². The van der Waals surface area contributed by atoms with Crippen molar-refractivity contribution in [2.24, 2.45) is 11.7 Å². The molecule has 108 valence electrons. The van der Waals surface area contributed by atoms with Gasteiger partial charge in [-0.25, -0.2) is 0 Å². The van der Waals surface area contributed by atoms with Crippen molar-refractivity contribution in [2.45, 2.75) is 32.2 Å². The van der Waals surface area contributed by atoms with Gasteiger partial charge in [-0.2, -0.15) is 0 Å². The summed E-state index contributed by atoms with van der Waals surface area (Å²) in [5, 5.41) is 14.0. The fraction of sp³-hybridized carbons (Fsp3) is 0.500. The molecule has 0 bridgehead atoms. The summed E-state index contributed by atoms with van der Waals surface area (Å²) < 4.78 is 0. The number of amides is 1. The number of hydrogen-bond acceptors (Lipinski definition) is 4. The standard InChI is InChI=1S/C14H19N3O3/c1-9-4-2-7-12(17(19)20)13(9)14(18)16-11-6-3-5-10(11)8-15/h2,4,7,10-11H,3,5-6,8,15H2,1H3,(H,16,18). The third-order valence-electron chi connectivity index (χ3n) is 3.95. The average Bonchev–Trinajstić information content (AvgIpc) is 2.85. The van der Waals surface area contributed by atoms with Crippen molar-refractivity contribution in [3.63, 3.8) is 0 Å². The highest BCUT2D eigenvalue weighted by molar-refractivity contribution is 5.99. The minimum Gasteiger partial charge on any atom is -0.349 e. The fourth-order valence-corrected chi connectivity index (χ4v) is 2.85. The molecule has 2 unspecified atom stereocenters. The minimum atomic E-state index is -0.517. The van der Waals surface area contributed by atoms with Gasteiger partial charge in [0.1, 0.15) is 5.56 Å². The summed E-state index contributed by atoms with van der Waals surface area (Å²) in [6, 6.07) is 4.67. The molecule has 6 heteroatoms. The zero-order valence-corrected chi connectivity index (χ0v) is 11.5. The molecule has 3 N–H and O–H groups in total. The van der Waals surface area contributed by atoms with E-state index in [0.717, 1.165) is 19.3 Å². The Bertz CT molecular complexity index is 530. The third-order valence-corrected chi connectivity index (χ3v) is 3.95. The molecule has 6 nitrogen and oxygen atoms in total. The van der Waals surface area contributed by atoms with Crippen LogP contribution in [0.1, 0.15) is 35.2 Å². The summed E-state index contributed by atoms with van der Waals surface area (Å²) in [5.41, 5.74) is 6.30. The number of nitrogens with zero attached hydrogens (tertiary/aromatic N) is 1. The van der Waals surface area contributed by atoms with Crippen molar-refractivity contribution in [3.8, 4) is 0 Å². The molecule has 0 spiro atoms. The van der Waals surface area contributed by atoms with Gasteiger partial charge in [0.25, 0.3) is 11.6 Å². The molecule has 1 aliphatic rings. The van der Waals surface area contributed by atoms with E-state index in [4.69, 9.17) is 5.73 Å². The number of hydrogen-bond donors (Lipinski definition) is 2. The third kappa shape index (κ3) is 2.80. The molecule has 20 heavy (non-hydrogen) atoms. The monoisotopic (exact) mass is 277 g/mol. The molecular formula is C14H19N3O3. The molecule has 0 aromatic heterocycles. The van der Waals surface area contributed by atoms with Gasteiger partial charge in [-0.3, -0.25) is 14.9 Å². The molecule has 1 aliphatic carbocycles. The van der Waals surface area contributed by atoms with E-state index < -0.39 is 4.92 Å². The maximum Gasteiger partial charge on any atom is 0.282 e. The van der Waals surface area contributed by atoms with Crippen LogP contribution in [-0.2, 0) is 0 Å². The summed E-state index contributed by atoms with van der Waals surface area (Å²) in [7, 11) is 0. The Kier molecular flexibility index (Phi) is 4.34. The Hall–Kier alpha value is -1.95. The van der Waals surface area contributed by atoms with Gasteiger partial charge in [-0.15, -0.1) is 0 Å². The molecule has 0 aliphatic heterocycles. The Morgan fingerprint density at radius 2 is 2.25 bits per heavy atom. The van der Waals surface area contributed by atoms with Gasteiger partial charge in [0.15, 0.2) is 0 Å². The minimum absolute atomic E-state index is 0.0201. The second-order valence-electron chi connectivity index (χ2n) is 5.23. The van der Waals surface area contributed by atoms with Crippen molar-refractivity contribution in [3.05, 3.63) is 39.4 Å². The molecule has 1 saturated carbocycles. The maximum absolute atomic E-state index is 12.4. The summed E-state index contributed by atoms with van der Waals surface area (Å²) in [6.07, 6.45) is 2.91. The second kappa shape index (κ2) is 6.00. The Morgan fingerprint density at radius 3 is 2.90 bits per heavy atom. The van der Waals surface area contributed by atoms with E-state index in [9.17, 15) is 14.9 Å². The van der Waals surface area contributed by atoms with E-state index in [1.807, 2.05) is 0 Å². The second-order valence-corrected chi connectivity index (χ2v) is 5.23. The van der Waals surface area contributed by atoms with E-state index in [2.05, 4.69) is 5.32 Å². The van der Waals surface area contributed by atoms with Crippen molar-refractivity contribution < 1.29 is 9.72 Å². The SMILES string of the molecule is Cc1cccc([N+](=O)[O-])c1C(=O)NC1CCCC1CN. The van der Waals surface area contributed by atoms with Crippen LogP contribution in [0.4, 0.5) is 5.69 Å². The molecule has 0 radical (unpaired) electrons. The molecule has 1 amide bonds. The van der Waals surface area contributed by atoms with Crippen LogP contribution >= 0.6 is 0 Å². The van der Waals surface area contributed by atoms with Crippen LogP contribution in [0, 0.1) is 23.0 Å². The Morgan fingerprint density at radius 1 is 1.50 bits per heavy atom. The topological polar surface area (TPSA) is 98.3 Å². The number of carbonyl (C=O) groups is 1. The molecule has 2 atom stereocenters. The summed E-state index contributed by atoms with van der Waals surface area (Å²) in [5.74, 6) is -0.109. The summed E-state index contributed by atoms with van der Waals surface area (Å²) in [6.45, 7) is 2.23. The van der Waals surface area contributed by atoms with Crippen LogP contribution in [0.5, 0.6) is 0 Å². The average molecular weight is 277 g/mol. The Balaban J connectivity index is 2.23. The number of carbonyl (C=O) groups excluding carboxylic acids is 1. The molecule has 1 fully saturated rings. The zero-order chi connectivity index (χ0) is 14.7. The lowest BCUT2D eigenvalue weighted by Gasteiger charge is -2.19. The van der Waals surface area contributed by atoms with Crippen LogP contribution in [0.25, 0.3) is 0 Å². The number of nitrogens with two attached hydrogens (primary N) is 1. The maximum atomic E-state index is 12.4. The lowest BCUT2D eigenvalue weighted by atomic mass is 10.0. The molecule has 1 aromatic rings. The summed E-state index contributed by atoms with van der Waals surface area (Å²) >= 11 is 0.